The van der Waals surface area contributed by atoms with Crippen LogP contribution >= 0.6 is 0 Å². The van der Waals surface area contributed by atoms with Gasteiger partial charge in [0.05, 0.1) is 13.0 Å². The van der Waals surface area contributed by atoms with Gasteiger partial charge in [0, 0.05) is 6.54 Å². The molecule has 0 aromatic carbocycles. The first-order chi connectivity index (χ1) is 5.61. The number of methoxy groups -OCH3 is 1. The lowest BCUT2D eigenvalue weighted by molar-refractivity contribution is -0.145. The standard InChI is InChI=1S/C9H19NO2/c1-7(2)5-8(6-10-3)9(11)12-4/h7-8,10H,5-6H2,1-4H3. The maximum Gasteiger partial charge on any atom is 0.309 e. The van der Waals surface area contributed by atoms with Gasteiger partial charge in [0.1, 0.15) is 0 Å². The van der Waals surface area contributed by atoms with Crippen LogP contribution in [0, 0.1) is 11.8 Å². The van der Waals surface area contributed by atoms with E-state index >= 15 is 0 Å². The first kappa shape index (κ1) is 11.4. The molecular weight excluding hydrogens is 154 g/mol. The van der Waals surface area contributed by atoms with E-state index in [4.69, 9.17) is 0 Å². The third-order valence-corrected chi connectivity index (χ3v) is 1.74. The van der Waals surface area contributed by atoms with Crippen molar-refractivity contribution in [1.82, 2.24) is 5.32 Å². The molecule has 0 amide bonds. The van der Waals surface area contributed by atoms with Crippen LogP contribution in [0.25, 0.3) is 0 Å². The van der Waals surface area contributed by atoms with E-state index in [9.17, 15) is 4.79 Å². The van der Waals surface area contributed by atoms with Crippen LogP contribution in [-0.2, 0) is 9.53 Å². The topological polar surface area (TPSA) is 38.3 Å². The van der Waals surface area contributed by atoms with E-state index in [0.29, 0.717) is 12.5 Å². The molecule has 0 aliphatic carbocycles. The zero-order chi connectivity index (χ0) is 9.56. The van der Waals surface area contributed by atoms with Crippen LogP contribution in [0.1, 0.15) is 20.3 Å². The third-order valence-electron chi connectivity index (χ3n) is 1.74. The molecule has 72 valence electrons. The summed E-state index contributed by atoms with van der Waals surface area (Å²) >= 11 is 0. The van der Waals surface area contributed by atoms with Gasteiger partial charge in [-0.15, -0.1) is 0 Å². The molecule has 0 aliphatic rings. The highest BCUT2D eigenvalue weighted by molar-refractivity contribution is 5.72. The van der Waals surface area contributed by atoms with Crippen LogP contribution in [0.4, 0.5) is 0 Å². The number of rotatable bonds is 5. The highest BCUT2D eigenvalue weighted by Gasteiger charge is 2.18. The number of hydrogen-bond acceptors (Lipinski definition) is 3. The second-order valence-corrected chi connectivity index (χ2v) is 3.41. The minimum atomic E-state index is -0.113. The summed E-state index contributed by atoms with van der Waals surface area (Å²) in [5.74, 6) is 0.417. The van der Waals surface area contributed by atoms with Gasteiger partial charge in [0.25, 0.3) is 0 Å². The summed E-state index contributed by atoms with van der Waals surface area (Å²) in [6.07, 6.45) is 0.882. The number of carbonyl (C=O) groups excluding carboxylic acids is 1. The molecule has 0 saturated heterocycles. The van der Waals surface area contributed by atoms with Crippen LogP contribution in [0.15, 0.2) is 0 Å². The van der Waals surface area contributed by atoms with Crippen molar-refractivity contribution in [3.05, 3.63) is 0 Å². The molecule has 1 N–H and O–H groups in total. The molecule has 3 nitrogen and oxygen atoms in total. The van der Waals surface area contributed by atoms with E-state index in [0.717, 1.165) is 6.42 Å². The van der Waals surface area contributed by atoms with Crippen molar-refractivity contribution in [3.63, 3.8) is 0 Å². The largest absolute Gasteiger partial charge is 0.469 e. The highest BCUT2D eigenvalue weighted by atomic mass is 16.5. The second-order valence-electron chi connectivity index (χ2n) is 3.41. The zero-order valence-corrected chi connectivity index (χ0v) is 8.39. The molecule has 0 heterocycles. The average molecular weight is 173 g/mol. The van der Waals surface area contributed by atoms with Crippen LogP contribution in [0.2, 0.25) is 0 Å². The van der Waals surface area contributed by atoms with Gasteiger partial charge in [-0.2, -0.15) is 0 Å². The Kier molecular flexibility index (Phi) is 5.72. The second kappa shape index (κ2) is 6.00. The minimum absolute atomic E-state index is 0.000000000000000222. The van der Waals surface area contributed by atoms with E-state index in [-0.39, 0.29) is 11.9 Å². The molecule has 0 rings (SSSR count). The summed E-state index contributed by atoms with van der Waals surface area (Å²) in [6.45, 7) is 4.90. The van der Waals surface area contributed by atoms with Crippen molar-refractivity contribution >= 4 is 5.97 Å². The fraction of sp³-hybridized carbons (Fsp3) is 0.889. The minimum Gasteiger partial charge on any atom is -0.469 e. The molecule has 0 spiro atoms. The summed E-state index contributed by atoms with van der Waals surface area (Å²) in [4.78, 5) is 11.2. The summed E-state index contributed by atoms with van der Waals surface area (Å²) in [5, 5.41) is 2.99. The predicted octanol–water partition coefficient (Wildman–Crippen LogP) is 1.04. The van der Waals surface area contributed by atoms with Gasteiger partial charge in [-0.05, 0) is 19.4 Å². The fourth-order valence-electron chi connectivity index (χ4n) is 1.24. The van der Waals surface area contributed by atoms with Crippen molar-refractivity contribution in [1.29, 1.82) is 0 Å². The van der Waals surface area contributed by atoms with E-state index in [1.54, 1.807) is 0 Å². The molecule has 0 aromatic rings. The number of nitrogens with one attached hydrogen (secondary N) is 1. The Morgan fingerprint density at radius 3 is 2.42 bits per heavy atom. The molecule has 3 heteroatoms. The van der Waals surface area contributed by atoms with Crippen LogP contribution in [0.3, 0.4) is 0 Å². The molecule has 0 radical (unpaired) electrons. The zero-order valence-electron chi connectivity index (χ0n) is 8.39. The van der Waals surface area contributed by atoms with Gasteiger partial charge in [0.2, 0.25) is 0 Å². The Balaban J connectivity index is 3.94. The van der Waals surface area contributed by atoms with E-state index in [1.165, 1.54) is 7.11 Å². The van der Waals surface area contributed by atoms with Crippen molar-refractivity contribution in [2.45, 2.75) is 20.3 Å². The molecule has 0 aliphatic heterocycles. The highest BCUT2D eigenvalue weighted by Crippen LogP contribution is 2.11. The average Bonchev–Trinajstić information content (AvgIpc) is 2.01. The van der Waals surface area contributed by atoms with Crippen molar-refractivity contribution in [3.8, 4) is 0 Å². The maximum atomic E-state index is 11.2. The van der Waals surface area contributed by atoms with Gasteiger partial charge < -0.3 is 10.1 Å². The Labute approximate surface area is 74.5 Å². The van der Waals surface area contributed by atoms with Gasteiger partial charge in [-0.25, -0.2) is 0 Å². The van der Waals surface area contributed by atoms with E-state index in [2.05, 4.69) is 23.9 Å². The number of carbonyl (C=O) groups is 1. The summed E-state index contributed by atoms with van der Waals surface area (Å²) in [7, 11) is 3.28. The quantitative estimate of drug-likeness (QED) is 0.631. The smallest absolute Gasteiger partial charge is 0.309 e. The first-order valence-corrected chi connectivity index (χ1v) is 4.34. The van der Waals surface area contributed by atoms with Crippen molar-refractivity contribution < 1.29 is 9.53 Å². The lowest BCUT2D eigenvalue weighted by Crippen LogP contribution is -2.28. The van der Waals surface area contributed by atoms with Crippen LogP contribution in [-0.4, -0.2) is 26.7 Å². The van der Waals surface area contributed by atoms with Gasteiger partial charge in [0.15, 0.2) is 0 Å². The Hall–Kier alpha value is -0.570. The summed E-state index contributed by atoms with van der Waals surface area (Å²) < 4.78 is 4.69. The molecule has 1 unspecified atom stereocenters. The van der Waals surface area contributed by atoms with Gasteiger partial charge >= 0.3 is 5.97 Å². The predicted molar refractivity (Wildman–Crippen MR) is 48.9 cm³/mol. The molecule has 12 heavy (non-hydrogen) atoms. The Bertz CT molecular complexity index is 134. The lowest BCUT2D eigenvalue weighted by atomic mass is 9.97. The fourth-order valence-corrected chi connectivity index (χ4v) is 1.24. The number of hydrogen-bond donors (Lipinski definition) is 1. The SMILES string of the molecule is CNCC(CC(C)C)C(=O)OC. The molecule has 1 atom stereocenters. The summed E-state index contributed by atoms with van der Waals surface area (Å²) in [6, 6.07) is 0. The lowest BCUT2D eigenvalue weighted by Gasteiger charge is -2.15. The molecular formula is C9H19NO2. The molecule has 0 aromatic heterocycles. The van der Waals surface area contributed by atoms with E-state index in [1.807, 2.05) is 7.05 Å². The van der Waals surface area contributed by atoms with E-state index < -0.39 is 0 Å². The number of esters is 1. The monoisotopic (exact) mass is 173 g/mol. The Morgan fingerprint density at radius 2 is 2.08 bits per heavy atom. The normalized spacial score (nSPS) is 13.1. The van der Waals surface area contributed by atoms with Crippen LogP contribution in [0.5, 0.6) is 0 Å². The molecule has 0 fully saturated rings. The van der Waals surface area contributed by atoms with Crippen molar-refractivity contribution in [2.75, 3.05) is 20.7 Å². The molecule has 0 bridgehead atoms. The Morgan fingerprint density at radius 1 is 1.50 bits per heavy atom. The van der Waals surface area contributed by atoms with Gasteiger partial charge in [-0.1, -0.05) is 13.8 Å². The third kappa shape index (κ3) is 4.34. The van der Waals surface area contributed by atoms with Gasteiger partial charge in [-0.3, -0.25) is 4.79 Å². The number of ether oxygens (including phenoxy) is 1. The first-order valence-electron chi connectivity index (χ1n) is 4.34. The summed E-state index contributed by atoms with van der Waals surface area (Å²) in [5.41, 5.74) is 0. The molecule has 0 saturated carbocycles. The van der Waals surface area contributed by atoms with Crippen molar-refractivity contribution in [2.24, 2.45) is 11.8 Å². The van der Waals surface area contributed by atoms with Crippen LogP contribution < -0.4 is 5.32 Å². The maximum absolute atomic E-state index is 11.2.